The van der Waals surface area contributed by atoms with Crippen molar-refractivity contribution in [3.05, 3.63) is 28.7 Å². The van der Waals surface area contributed by atoms with Crippen LogP contribution in [0, 0.1) is 0 Å². The molecule has 1 rings (SSSR count). The normalized spacial score (nSPS) is 12.2. The first-order chi connectivity index (χ1) is 6.50. The van der Waals surface area contributed by atoms with Crippen molar-refractivity contribution in [1.29, 1.82) is 0 Å². The summed E-state index contributed by atoms with van der Waals surface area (Å²) in [5.41, 5.74) is 5.81. The van der Waals surface area contributed by atoms with Crippen LogP contribution >= 0.6 is 0 Å². The summed E-state index contributed by atoms with van der Waals surface area (Å²) < 4.78 is 1.39. The zero-order valence-corrected chi connectivity index (χ0v) is 8.15. The zero-order chi connectivity index (χ0) is 10.7. The van der Waals surface area contributed by atoms with E-state index in [1.807, 2.05) is 0 Å². The minimum Gasteiger partial charge on any atom is -0.323 e. The van der Waals surface area contributed by atoms with Gasteiger partial charge < -0.3 is 15.6 Å². The first kappa shape index (κ1) is 10.5. The van der Waals surface area contributed by atoms with Crippen molar-refractivity contribution in [1.82, 2.24) is 4.57 Å². The molecule has 5 nitrogen and oxygen atoms in total. The number of nitrogens with zero attached hydrogens (tertiary/aromatic N) is 1. The Kier molecular flexibility index (Phi) is 3.03. The first-order valence-corrected chi connectivity index (χ1v) is 4.24. The molecule has 1 aromatic rings. The standard InChI is InChI=1S/C9H13N3O2/c1-6(10)9(14)11-7-3-4-8(13)12(2)5-7/h3-6H,10H2,1-2H3,(H,11,14). The van der Waals surface area contributed by atoms with Crippen LogP contribution in [0.2, 0.25) is 0 Å². The molecule has 14 heavy (non-hydrogen) atoms. The van der Waals surface area contributed by atoms with Gasteiger partial charge in [0.05, 0.1) is 11.7 Å². The highest BCUT2D eigenvalue weighted by molar-refractivity contribution is 5.94. The summed E-state index contributed by atoms with van der Waals surface area (Å²) >= 11 is 0. The van der Waals surface area contributed by atoms with E-state index in [0.29, 0.717) is 5.69 Å². The predicted molar refractivity (Wildman–Crippen MR) is 54.0 cm³/mol. The number of anilines is 1. The molecule has 0 radical (unpaired) electrons. The maximum absolute atomic E-state index is 11.2. The van der Waals surface area contributed by atoms with E-state index in [2.05, 4.69) is 5.32 Å². The van der Waals surface area contributed by atoms with E-state index in [-0.39, 0.29) is 11.5 Å². The summed E-state index contributed by atoms with van der Waals surface area (Å²) in [6, 6.07) is 2.37. The Bertz CT molecular complexity index is 395. The molecule has 0 aromatic carbocycles. The molecule has 76 valence electrons. The van der Waals surface area contributed by atoms with Crippen LogP contribution in [0.1, 0.15) is 6.92 Å². The van der Waals surface area contributed by atoms with Crippen molar-refractivity contribution in [3.8, 4) is 0 Å². The number of nitrogens with two attached hydrogens (primary N) is 1. The average molecular weight is 195 g/mol. The number of carbonyl (C=O) groups excluding carboxylic acids is 1. The van der Waals surface area contributed by atoms with Gasteiger partial charge in [0.25, 0.3) is 0 Å². The molecule has 0 aliphatic heterocycles. The van der Waals surface area contributed by atoms with Gasteiger partial charge in [-0.3, -0.25) is 9.59 Å². The van der Waals surface area contributed by atoms with Crippen LogP contribution in [0.5, 0.6) is 0 Å². The summed E-state index contributed by atoms with van der Waals surface area (Å²) in [6.45, 7) is 1.59. The number of pyridine rings is 1. The van der Waals surface area contributed by atoms with Crippen LogP contribution < -0.4 is 16.6 Å². The van der Waals surface area contributed by atoms with Crippen molar-refractivity contribution < 1.29 is 4.79 Å². The van der Waals surface area contributed by atoms with Crippen molar-refractivity contribution in [2.45, 2.75) is 13.0 Å². The van der Waals surface area contributed by atoms with Gasteiger partial charge >= 0.3 is 0 Å². The smallest absolute Gasteiger partial charge is 0.250 e. The fourth-order valence-corrected chi connectivity index (χ4v) is 0.924. The molecule has 0 spiro atoms. The summed E-state index contributed by atoms with van der Waals surface area (Å²) in [4.78, 5) is 22.2. The molecule has 1 heterocycles. The Morgan fingerprint density at radius 1 is 1.57 bits per heavy atom. The van der Waals surface area contributed by atoms with Crippen LogP contribution in [0.25, 0.3) is 0 Å². The Labute approximate surface area is 81.5 Å². The summed E-state index contributed by atoms with van der Waals surface area (Å²) in [6.07, 6.45) is 1.54. The maximum atomic E-state index is 11.2. The minimum atomic E-state index is -0.563. The lowest BCUT2D eigenvalue weighted by Crippen LogP contribution is -2.32. The summed E-state index contributed by atoms with van der Waals surface area (Å²) in [7, 11) is 1.61. The molecule has 0 bridgehead atoms. The maximum Gasteiger partial charge on any atom is 0.250 e. The molecule has 0 saturated heterocycles. The second-order valence-electron chi connectivity index (χ2n) is 3.14. The minimum absolute atomic E-state index is 0.121. The number of rotatable bonds is 2. The Morgan fingerprint density at radius 3 is 2.71 bits per heavy atom. The van der Waals surface area contributed by atoms with Crippen LogP contribution in [0.3, 0.4) is 0 Å². The molecule has 5 heteroatoms. The lowest BCUT2D eigenvalue weighted by molar-refractivity contribution is -0.117. The highest BCUT2D eigenvalue weighted by atomic mass is 16.2. The molecule has 0 aliphatic carbocycles. The Morgan fingerprint density at radius 2 is 2.21 bits per heavy atom. The molecular formula is C9H13N3O2. The average Bonchev–Trinajstić information content (AvgIpc) is 2.11. The van der Waals surface area contributed by atoms with Crippen LogP contribution in [0.4, 0.5) is 5.69 Å². The molecule has 0 saturated carbocycles. The topological polar surface area (TPSA) is 77.1 Å². The quantitative estimate of drug-likeness (QED) is 0.678. The fourth-order valence-electron chi connectivity index (χ4n) is 0.924. The van der Waals surface area contributed by atoms with E-state index in [1.54, 1.807) is 26.2 Å². The van der Waals surface area contributed by atoms with Gasteiger partial charge in [-0.25, -0.2) is 0 Å². The lowest BCUT2D eigenvalue weighted by atomic mass is 10.3. The van der Waals surface area contributed by atoms with Gasteiger partial charge in [-0.15, -0.1) is 0 Å². The molecule has 0 fully saturated rings. The third-order valence-corrected chi connectivity index (χ3v) is 1.77. The van der Waals surface area contributed by atoms with Gasteiger partial charge in [0, 0.05) is 19.3 Å². The third-order valence-electron chi connectivity index (χ3n) is 1.77. The fraction of sp³-hybridized carbons (Fsp3) is 0.333. The predicted octanol–water partition coefficient (Wildman–Crippen LogP) is -0.329. The van der Waals surface area contributed by atoms with E-state index in [9.17, 15) is 9.59 Å². The second kappa shape index (κ2) is 4.06. The number of carbonyl (C=O) groups is 1. The Hall–Kier alpha value is -1.62. The van der Waals surface area contributed by atoms with Crippen molar-refractivity contribution >= 4 is 11.6 Å². The highest BCUT2D eigenvalue weighted by Gasteiger charge is 2.07. The van der Waals surface area contributed by atoms with Gasteiger partial charge in [-0.2, -0.15) is 0 Å². The molecule has 1 aromatic heterocycles. The SMILES string of the molecule is CC(N)C(=O)Nc1ccc(=O)n(C)c1. The van der Waals surface area contributed by atoms with E-state index < -0.39 is 6.04 Å². The molecular weight excluding hydrogens is 182 g/mol. The Balaban J connectivity index is 2.83. The van der Waals surface area contributed by atoms with Crippen LogP contribution in [-0.4, -0.2) is 16.5 Å². The van der Waals surface area contributed by atoms with Gasteiger partial charge in [0.15, 0.2) is 0 Å². The van der Waals surface area contributed by atoms with E-state index in [4.69, 9.17) is 5.73 Å². The molecule has 0 aliphatic rings. The number of nitrogens with one attached hydrogen (secondary N) is 1. The molecule has 1 atom stereocenters. The number of aryl methyl sites for hydroxylation is 1. The number of hydrogen-bond acceptors (Lipinski definition) is 3. The summed E-state index contributed by atoms with van der Waals surface area (Å²) in [5, 5.41) is 2.59. The van der Waals surface area contributed by atoms with Gasteiger partial charge in [-0.05, 0) is 13.0 Å². The van der Waals surface area contributed by atoms with Gasteiger partial charge in [-0.1, -0.05) is 0 Å². The van der Waals surface area contributed by atoms with Gasteiger partial charge in [0.2, 0.25) is 11.5 Å². The van der Waals surface area contributed by atoms with Gasteiger partial charge in [0.1, 0.15) is 0 Å². The number of aromatic nitrogens is 1. The largest absolute Gasteiger partial charge is 0.323 e. The van der Waals surface area contributed by atoms with Crippen molar-refractivity contribution in [2.24, 2.45) is 12.8 Å². The van der Waals surface area contributed by atoms with Crippen LogP contribution in [-0.2, 0) is 11.8 Å². The monoisotopic (exact) mass is 195 g/mol. The number of amides is 1. The first-order valence-electron chi connectivity index (χ1n) is 4.24. The second-order valence-corrected chi connectivity index (χ2v) is 3.14. The van der Waals surface area contributed by atoms with Crippen molar-refractivity contribution in [3.63, 3.8) is 0 Å². The molecule has 1 amide bonds. The molecule has 3 N–H and O–H groups in total. The van der Waals surface area contributed by atoms with Crippen molar-refractivity contribution in [2.75, 3.05) is 5.32 Å². The summed E-state index contributed by atoms with van der Waals surface area (Å²) in [5.74, 6) is -0.274. The van der Waals surface area contributed by atoms with E-state index in [0.717, 1.165) is 0 Å². The highest BCUT2D eigenvalue weighted by Crippen LogP contribution is 2.02. The van der Waals surface area contributed by atoms with E-state index in [1.165, 1.54) is 10.6 Å². The van der Waals surface area contributed by atoms with E-state index >= 15 is 0 Å². The third kappa shape index (κ3) is 2.43. The molecule has 1 unspecified atom stereocenters. The lowest BCUT2D eigenvalue weighted by Gasteiger charge is -2.08. The zero-order valence-electron chi connectivity index (χ0n) is 8.15. The van der Waals surface area contributed by atoms with Crippen LogP contribution in [0.15, 0.2) is 23.1 Å². The number of hydrogen-bond donors (Lipinski definition) is 2.